The molecule has 1 atom stereocenters. The highest BCUT2D eigenvalue weighted by Gasteiger charge is 2.29. The van der Waals surface area contributed by atoms with Gasteiger partial charge in [-0.05, 0) is 7.05 Å². The van der Waals surface area contributed by atoms with Crippen LogP contribution >= 0.6 is 23.1 Å². The summed E-state index contributed by atoms with van der Waals surface area (Å²) in [5.41, 5.74) is 0.152. The summed E-state index contributed by atoms with van der Waals surface area (Å²) in [6.45, 7) is 2.43. The third-order valence-corrected chi connectivity index (χ3v) is 5.30. The molecule has 0 N–H and O–H groups in total. The van der Waals surface area contributed by atoms with E-state index in [-0.39, 0.29) is 17.5 Å². The van der Waals surface area contributed by atoms with E-state index in [2.05, 4.69) is 14.6 Å². The zero-order chi connectivity index (χ0) is 14.0. The molecule has 0 aromatic carbocycles. The Kier molecular flexibility index (Phi) is 4.59. The third kappa shape index (κ3) is 2.98. The lowest BCUT2D eigenvalue weighted by Gasteiger charge is -2.30. The summed E-state index contributed by atoms with van der Waals surface area (Å²) in [6, 6.07) is 0.167. The largest absolute Gasteiger partial charge is 0.464 e. The van der Waals surface area contributed by atoms with Gasteiger partial charge in [0.25, 0.3) is 0 Å². The molecule has 1 aliphatic heterocycles. The topological polar surface area (TPSA) is 59.5 Å². The molecule has 0 radical (unpaired) electrons. The van der Waals surface area contributed by atoms with Gasteiger partial charge in [0.2, 0.25) is 0 Å². The second kappa shape index (κ2) is 6.02. The average molecular weight is 300 g/mol. The number of ketones is 1. The van der Waals surface area contributed by atoms with Crippen LogP contribution in [0.15, 0.2) is 0 Å². The van der Waals surface area contributed by atoms with Gasteiger partial charge in [0.1, 0.15) is 9.88 Å². The number of hydrogen-bond acceptors (Lipinski definition) is 7. The van der Waals surface area contributed by atoms with Crippen molar-refractivity contribution in [3.8, 4) is 0 Å². The molecule has 1 aliphatic rings. The Morgan fingerprint density at radius 1 is 1.47 bits per heavy atom. The van der Waals surface area contributed by atoms with E-state index >= 15 is 0 Å². The molecule has 1 fully saturated rings. The van der Waals surface area contributed by atoms with Crippen molar-refractivity contribution in [2.45, 2.75) is 13.0 Å². The zero-order valence-electron chi connectivity index (χ0n) is 11.1. The maximum atomic E-state index is 11.7. The Morgan fingerprint density at radius 2 is 2.21 bits per heavy atom. The van der Waals surface area contributed by atoms with Crippen LogP contribution in [-0.4, -0.2) is 53.8 Å². The van der Waals surface area contributed by atoms with Crippen LogP contribution in [0.5, 0.6) is 0 Å². The molecule has 0 bridgehead atoms. The fourth-order valence-corrected chi connectivity index (χ4v) is 4.34. The first kappa shape index (κ1) is 14.5. The minimum absolute atomic E-state index is 0.143. The highest BCUT2D eigenvalue weighted by Crippen LogP contribution is 2.32. The summed E-state index contributed by atoms with van der Waals surface area (Å²) >= 11 is 3.17. The van der Waals surface area contributed by atoms with E-state index in [1.807, 2.05) is 18.8 Å². The molecule has 2 rings (SSSR count). The van der Waals surface area contributed by atoms with Gasteiger partial charge < -0.3 is 4.74 Å². The predicted molar refractivity (Wildman–Crippen MR) is 76.2 cm³/mol. The van der Waals surface area contributed by atoms with Crippen molar-refractivity contribution in [3.05, 3.63) is 15.6 Å². The van der Waals surface area contributed by atoms with E-state index in [1.54, 1.807) is 0 Å². The van der Waals surface area contributed by atoms with Crippen molar-refractivity contribution in [2.75, 3.05) is 32.2 Å². The lowest BCUT2D eigenvalue weighted by Crippen LogP contribution is -2.32. The van der Waals surface area contributed by atoms with E-state index in [9.17, 15) is 9.59 Å². The van der Waals surface area contributed by atoms with Gasteiger partial charge in [0.05, 0.1) is 13.2 Å². The van der Waals surface area contributed by atoms with Crippen molar-refractivity contribution in [3.63, 3.8) is 0 Å². The normalized spacial score (nSPS) is 20.3. The Hall–Kier alpha value is -0.920. The maximum absolute atomic E-state index is 11.7. The second-order valence-electron chi connectivity index (χ2n) is 4.35. The number of esters is 1. The third-order valence-electron chi connectivity index (χ3n) is 3.02. The lowest BCUT2D eigenvalue weighted by atomic mass is 10.2. The van der Waals surface area contributed by atoms with Gasteiger partial charge in [-0.15, -0.1) is 11.3 Å². The maximum Gasteiger partial charge on any atom is 0.358 e. The van der Waals surface area contributed by atoms with E-state index in [1.165, 1.54) is 25.4 Å². The van der Waals surface area contributed by atoms with Crippen molar-refractivity contribution in [1.29, 1.82) is 0 Å². The van der Waals surface area contributed by atoms with Crippen molar-refractivity contribution >= 4 is 34.9 Å². The number of thioether (sulfide) groups is 1. The summed E-state index contributed by atoms with van der Waals surface area (Å²) in [4.78, 5) is 30.2. The number of rotatable bonds is 3. The van der Waals surface area contributed by atoms with Gasteiger partial charge in [0, 0.05) is 25.0 Å². The highest BCUT2D eigenvalue weighted by atomic mass is 32.2. The highest BCUT2D eigenvalue weighted by molar-refractivity contribution is 7.99. The van der Waals surface area contributed by atoms with Crippen LogP contribution < -0.4 is 0 Å². The van der Waals surface area contributed by atoms with Crippen molar-refractivity contribution in [2.24, 2.45) is 0 Å². The van der Waals surface area contributed by atoms with E-state index in [0.717, 1.165) is 23.1 Å². The summed E-state index contributed by atoms with van der Waals surface area (Å²) in [5, 5.41) is 0.820. The summed E-state index contributed by atoms with van der Waals surface area (Å²) < 4.78 is 4.69. The molecule has 19 heavy (non-hydrogen) atoms. The number of methoxy groups -OCH3 is 1. The minimum atomic E-state index is -0.543. The fourth-order valence-electron chi connectivity index (χ4n) is 1.90. The molecular formula is C12H16N2O3S2. The van der Waals surface area contributed by atoms with Gasteiger partial charge in [-0.2, -0.15) is 11.8 Å². The van der Waals surface area contributed by atoms with Gasteiger partial charge in [-0.25, -0.2) is 9.78 Å². The number of Topliss-reactive ketones (excluding diaryl/α,β-unsaturated/α-hetero) is 1. The first-order valence-corrected chi connectivity index (χ1v) is 7.89. The first-order chi connectivity index (χ1) is 9.04. The number of nitrogens with zero attached hydrogens (tertiary/aromatic N) is 2. The van der Waals surface area contributed by atoms with Crippen LogP contribution in [0.2, 0.25) is 0 Å². The number of ether oxygens (including phenoxy) is 1. The summed E-state index contributed by atoms with van der Waals surface area (Å²) in [7, 11) is 3.34. The van der Waals surface area contributed by atoms with Crippen LogP contribution in [0, 0.1) is 0 Å². The molecule has 0 saturated carbocycles. The molecule has 1 saturated heterocycles. The van der Waals surface area contributed by atoms with Crippen LogP contribution in [0.1, 0.15) is 38.1 Å². The number of hydrogen-bond donors (Lipinski definition) is 0. The smallest absolute Gasteiger partial charge is 0.358 e. The number of carbonyl (C=O) groups excluding carboxylic acids is 2. The molecule has 0 aliphatic carbocycles. The predicted octanol–water partition coefficient (Wildman–Crippen LogP) is 1.85. The molecule has 1 aromatic rings. The Labute approximate surface area is 120 Å². The molecule has 1 aromatic heterocycles. The molecule has 104 valence electrons. The van der Waals surface area contributed by atoms with E-state index < -0.39 is 5.97 Å². The Balaban J connectivity index is 2.36. The van der Waals surface area contributed by atoms with Gasteiger partial charge >= 0.3 is 5.97 Å². The SMILES string of the molecule is COC(=O)c1nc(C2CSCCN2C)sc1C(C)=O. The van der Waals surface area contributed by atoms with Gasteiger partial charge in [0.15, 0.2) is 11.5 Å². The number of aromatic nitrogens is 1. The van der Waals surface area contributed by atoms with Crippen LogP contribution in [-0.2, 0) is 4.74 Å². The lowest BCUT2D eigenvalue weighted by molar-refractivity contribution is 0.0591. The molecule has 2 heterocycles. The molecule has 0 spiro atoms. The molecule has 1 unspecified atom stereocenters. The van der Waals surface area contributed by atoms with Gasteiger partial charge in [-0.1, -0.05) is 0 Å². The first-order valence-electron chi connectivity index (χ1n) is 5.92. The van der Waals surface area contributed by atoms with Crippen LogP contribution in [0.4, 0.5) is 0 Å². The number of carbonyl (C=O) groups is 2. The van der Waals surface area contributed by atoms with Crippen molar-refractivity contribution in [1.82, 2.24) is 9.88 Å². The van der Waals surface area contributed by atoms with E-state index in [4.69, 9.17) is 0 Å². The zero-order valence-corrected chi connectivity index (χ0v) is 12.8. The monoisotopic (exact) mass is 300 g/mol. The van der Waals surface area contributed by atoms with E-state index in [0.29, 0.717) is 4.88 Å². The molecule has 5 nitrogen and oxygen atoms in total. The molecule has 0 amide bonds. The minimum Gasteiger partial charge on any atom is -0.464 e. The average Bonchev–Trinajstić information content (AvgIpc) is 2.83. The Morgan fingerprint density at radius 3 is 2.79 bits per heavy atom. The molecule has 7 heteroatoms. The summed E-state index contributed by atoms with van der Waals surface area (Å²) in [6.07, 6.45) is 0. The second-order valence-corrected chi connectivity index (χ2v) is 6.53. The van der Waals surface area contributed by atoms with Crippen LogP contribution in [0.3, 0.4) is 0 Å². The summed E-state index contributed by atoms with van der Waals surface area (Å²) in [5.74, 6) is 1.35. The Bertz CT molecular complexity index is 501. The van der Waals surface area contributed by atoms with Crippen LogP contribution in [0.25, 0.3) is 0 Å². The fraction of sp³-hybridized carbons (Fsp3) is 0.583. The standard InChI is InChI=1S/C12H16N2O3S2/c1-7(15)10-9(12(16)17-3)13-11(19-10)8-6-18-5-4-14(8)2/h8H,4-6H2,1-3H3. The van der Waals surface area contributed by atoms with Crippen molar-refractivity contribution < 1.29 is 14.3 Å². The quantitative estimate of drug-likeness (QED) is 0.627. The van der Waals surface area contributed by atoms with Gasteiger partial charge in [-0.3, -0.25) is 9.69 Å². The molecular weight excluding hydrogens is 284 g/mol. The number of thiazole rings is 1.